The minimum Gasteiger partial charge on any atom is -0.481 e. The molecule has 3 rings (SSSR count). The lowest BCUT2D eigenvalue weighted by atomic mass is 9.97. The highest BCUT2D eigenvalue weighted by atomic mass is 32.2. The van der Waals surface area contributed by atoms with E-state index in [-0.39, 0.29) is 12.8 Å². The largest absolute Gasteiger partial charge is 0.481 e. The molecule has 1 aliphatic rings. The lowest BCUT2D eigenvalue weighted by Gasteiger charge is -2.21. The summed E-state index contributed by atoms with van der Waals surface area (Å²) in [5.41, 5.74) is 2.37. The van der Waals surface area contributed by atoms with Crippen LogP contribution >= 0.6 is 0 Å². The van der Waals surface area contributed by atoms with Crippen LogP contribution in [0.1, 0.15) is 36.4 Å². The molecular weight excluding hydrogens is 394 g/mol. The number of carbonyl (C=O) groups is 2. The van der Waals surface area contributed by atoms with Crippen LogP contribution in [0.25, 0.3) is 0 Å². The van der Waals surface area contributed by atoms with Gasteiger partial charge < -0.3 is 5.11 Å². The van der Waals surface area contributed by atoms with Crippen molar-refractivity contribution in [3.05, 3.63) is 65.7 Å². The molecule has 9 heteroatoms. The fourth-order valence-electron chi connectivity index (χ4n) is 3.19. The van der Waals surface area contributed by atoms with Crippen LogP contribution in [0.2, 0.25) is 0 Å². The van der Waals surface area contributed by atoms with Crippen LogP contribution in [0.4, 0.5) is 5.69 Å². The topological polar surface area (TPSA) is 116 Å². The van der Waals surface area contributed by atoms with Gasteiger partial charge in [0.25, 0.3) is 0 Å². The number of rotatable bonds is 7. The summed E-state index contributed by atoms with van der Waals surface area (Å²) in [5.74, 6) is -1.45. The summed E-state index contributed by atoms with van der Waals surface area (Å²) in [6, 6.07) is 15.8. The van der Waals surface area contributed by atoms with E-state index in [0.29, 0.717) is 23.4 Å². The van der Waals surface area contributed by atoms with Crippen molar-refractivity contribution in [3.63, 3.8) is 0 Å². The van der Waals surface area contributed by atoms with Crippen molar-refractivity contribution in [2.45, 2.75) is 25.3 Å². The molecule has 0 aromatic heterocycles. The Morgan fingerprint density at radius 2 is 1.76 bits per heavy atom. The summed E-state index contributed by atoms with van der Waals surface area (Å²) in [4.78, 5) is 23.5. The Morgan fingerprint density at radius 1 is 1.10 bits per heavy atom. The van der Waals surface area contributed by atoms with Gasteiger partial charge in [0.15, 0.2) is 0 Å². The zero-order chi connectivity index (χ0) is 21.0. The van der Waals surface area contributed by atoms with E-state index in [2.05, 4.69) is 9.82 Å². The van der Waals surface area contributed by atoms with Crippen LogP contribution in [0.3, 0.4) is 0 Å². The van der Waals surface area contributed by atoms with Crippen molar-refractivity contribution in [1.29, 1.82) is 0 Å². The maximum Gasteiger partial charge on any atom is 0.303 e. The second-order valence-electron chi connectivity index (χ2n) is 6.73. The van der Waals surface area contributed by atoms with E-state index in [1.807, 2.05) is 30.3 Å². The first-order valence-corrected chi connectivity index (χ1v) is 10.9. The maximum absolute atomic E-state index is 12.7. The van der Waals surface area contributed by atoms with E-state index < -0.39 is 27.9 Å². The number of nitrogens with zero attached hydrogens (tertiary/aromatic N) is 2. The number of aliphatic carboxylic acids is 1. The van der Waals surface area contributed by atoms with Gasteiger partial charge in [0, 0.05) is 18.4 Å². The van der Waals surface area contributed by atoms with Crippen LogP contribution in [0.5, 0.6) is 0 Å². The van der Waals surface area contributed by atoms with Crippen LogP contribution in [-0.2, 0) is 19.6 Å². The Hall–Kier alpha value is -3.20. The molecule has 0 aliphatic carbocycles. The third kappa shape index (κ3) is 5.20. The van der Waals surface area contributed by atoms with E-state index in [1.165, 1.54) is 5.01 Å². The number of anilines is 1. The predicted molar refractivity (Wildman–Crippen MR) is 109 cm³/mol. The lowest BCUT2D eigenvalue weighted by molar-refractivity contribution is -0.141. The first kappa shape index (κ1) is 20.5. The summed E-state index contributed by atoms with van der Waals surface area (Å²) in [6.07, 6.45) is 0.993. The molecule has 0 fully saturated rings. The number of benzene rings is 2. The fraction of sp³-hybridized carbons (Fsp3) is 0.250. The Balaban J connectivity index is 1.97. The second kappa shape index (κ2) is 8.44. The molecule has 29 heavy (non-hydrogen) atoms. The first-order valence-electron chi connectivity index (χ1n) is 8.98. The lowest BCUT2D eigenvalue weighted by Crippen LogP contribution is -2.27. The molecule has 0 saturated heterocycles. The highest BCUT2D eigenvalue weighted by molar-refractivity contribution is 7.92. The van der Waals surface area contributed by atoms with Gasteiger partial charge in [0.05, 0.1) is 30.1 Å². The molecular formula is C20H21N3O5S. The molecule has 2 aromatic carbocycles. The quantitative estimate of drug-likeness (QED) is 0.721. The van der Waals surface area contributed by atoms with Crippen LogP contribution < -0.4 is 4.72 Å². The molecule has 0 spiro atoms. The molecule has 0 bridgehead atoms. The average Bonchev–Trinajstić information content (AvgIpc) is 3.11. The van der Waals surface area contributed by atoms with Crippen molar-refractivity contribution in [2.75, 3.05) is 11.0 Å². The SMILES string of the molecule is CS(=O)(=O)Nc1ccccc1C1=NN(C(=O)CCC(=O)O)[C@@H](c2ccccc2)C1. The Bertz CT molecular complexity index is 1050. The molecule has 8 nitrogen and oxygen atoms in total. The van der Waals surface area contributed by atoms with Gasteiger partial charge in [-0.25, -0.2) is 13.4 Å². The monoisotopic (exact) mass is 415 g/mol. The first-order chi connectivity index (χ1) is 13.7. The van der Waals surface area contributed by atoms with Crippen LogP contribution in [0, 0.1) is 0 Å². The van der Waals surface area contributed by atoms with Gasteiger partial charge >= 0.3 is 5.97 Å². The molecule has 152 valence electrons. The molecule has 1 amide bonds. The number of hydrazone groups is 1. The van der Waals surface area contributed by atoms with Gasteiger partial charge in [0.2, 0.25) is 15.9 Å². The second-order valence-corrected chi connectivity index (χ2v) is 8.48. The number of amides is 1. The number of carbonyl (C=O) groups excluding carboxylic acids is 1. The minimum absolute atomic E-state index is 0.168. The summed E-state index contributed by atoms with van der Waals surface area (Å²) in [5, 5.41) is 14.7. The summed E-state index contributed by atoms with van der Waals surface area (Å²) in [6.45, 7) is 0. The summed E-state index contributed by atoms with van der Waals surface area (Å²) >= 11 is 0. The van der Waals surface area contributed by atoms with E-state index >= 15 is 0 Å². The van der Waals surface area contributed by atoms with Gasteiger partial charge in [-0.15, -0.1) is 0 Å². The molecule has 1 aliphatic heterocycles. The molecule has 1 atom stereocenters. The molecule has 2 N–H and O–H groups in total. The Kier molecular flexibility index (Phi) is 5.97. The van der Waals surface area contributed by atoms with Crippen molar-refractivity contribution >= 4 is 33.3 Å². The predicted octanol–water partition coefficient (Wildman–Crippen LogP) is 2.60. The molecule has 0 unspecified atom stereocenters. The van der Waals surface area contributed by atoms with Gasteiger partial charge in [-0.2, -0.15) is 5.10 Å². The van der Waals surface area contributed by atoms with Gasteiger partial charge in [-0.3, -0.25) is 14.3 Å². The number of hydrogen-bond acceptors (Lipinski definition) is 5. The van der Waals surface area contributed by atoms with Crippen LogP contribution in [0.15, 0.2) is 59.7 Å². The summed E-state index contributed by atoms with van der Waals surface area (Å²) in [7, 11) is -3.49. The maximum atomic E-state index is 12.7. The molecule has 0 saturated carbocycles. The van der Waals surface area contributed by atoms with E-state index in [4.69, 9.17) is 5.11 Å². The number of sulfonamides is 1. The summed E-state index contributed by atoms with van der Waals surface area (Å²) < 4.78 is 25.9. The van der Waals surface area contributed by atoms with Crippen molar-refractivity contribution < 1.29 is 23.1 Å². The van der Waals surface area contributed by atoms with Gasteiger partial charge in [-0.1, -0.05) is 48.5 Å². The zero-order valence-electron chi connectivity index (χ0n) is 15.8. The molecule has 1 heterocycles. The fourth-order valence-corrected chi connectivity index (χ4v) is 3.77. The minimum atomic E-state index is -3.49. The Morgan fingerprint density at radius 3 is 2.41 bits per heavy atom. The van der Waals surface area contributed by atoms with E-state index in [9.17, 15) is 18.0 Å². The third-order valence-corrected chi connectivity index (χ3v) is 5.03. The van der Waals surface area contributed by atoms with Crippen molar-refractivity contribution in [2.24, 2.45) is 5.10 Å². The number of hydrogen-bond donors (Lipinski definition) is 2. The Labute approximate surface area is 168 Å². The van der Waals surface area contributed by atoms with E-state index in [1.54, 1.807) is 24.3 Å². The third-order valence-electron chi connectivity index (χ3n) is 4.44. The van der Waals surface area contributed by atoms with Crippen molar-refractivity contribution in [1.82, 2.24) is 5.01 Å². The smallest absolute Gasteiger partial charge is 0.303 e. The standard InChI is InChI=1S/C20H21N3O5S/c1-29(27,28)22-16-10-6-5-9-15(16)17-13-18(14-7-3-2-4-8-14)23(21-17)19(24)11-12-20(25)26/h2-10,18,22H,11-13H2,1H3,(H,25,26)/t18-/m1/s1. The average molecular weight is 415 g/mol. The number of carboxylic acids is 1. The van der Waals surface area contributed by atoms with Crippen molar-refractivity contribution in [3.8, 4) is 0 Å². The highest BCUT2D eigenvalue weighted by Crippen LogP contribution is 2.35. The van der Waals surface area contributed by atoms with E-state index in [0.717, 1.165) is 11.8 Å². The van der Waals surface area contributed by atoms with Gasteiger partial charge in [-0.05, 0) is 11.6 Å². The number of nitrogens with one attached hydrogen (secondary N) is 1. The molecule has 2 aromatic rings. The molecule has 0 radical (unpaired) electrons. The normalized spacial score (nSPS) is 16.4. The zero-order valence-corrected chi connectivity index (χ0v) is 16.6. The highest BCUT2D eigenvalue weighted by Gasteiger charge is 2.33. The number of para-hydroxylation sites is 1. The van der Waals surface area contributed by atoms with Crippen LogP contribution in [-0.4, -0.2) is 42.4 Å². The number of carboxylic acid groups (broad SMARTS) is 1. The van der Waals surface area contributed by atoms with Gasteiger partial charge in [0.1, 0.15) is 0 Å².